The fraction of sp³-hybridized carbons (Fsp3) is 0.111. The van der Waals surface area contributed by atoms with Gasteiger partial charge in [0, 0.05) is 18.3 Å². The van der Waals surface area contributed by atoms with E-state index in [0.29, 0.717) is 10.8 Å². The van der Waals surface area contributed by atoms with Crippen molar-refractivity contribution in [3.63, 3.8) is 0 Å². The number of para-hydroxylation sites is 1. The predicted molar refractivity (Wildman–Crippen MR) is 101 cm³/mol. The zero-order valence-electron chi connectivity index (χ0n) is 14.0. The number of thioether (sulfide) groups is 1. The highest BCUT2D eigenvalue weighted by Gasteiger charge is 2.11. The minimum Gasteiger partial charge on any atom is -0.326 e. The van der Waals surface area contributed by atoms with Crippen LogP contribution in [0.4, 0.5) is 11.4 Å². The second-order valence-electron chi connectivity index (χ2n) is 5.42. The summed E-state index contributed by atoms with van der Waals surface area (Å²) in [7, 11) is 0. The van der Waals surface area contributed by atoms with Crippen LogP contribution < -0.4 is 10.6 Å². The quantitative estimate of drug-likeness (QED) is 0.654. The molecule has 0 saturated carbocycles. The molecule has 1 aromatic heterocycles. The lowest BCUT2D eigenvalue weighted by molar-refractivity contribution is -0.114. The summed E-state index contributed by atoms with van der Waals surface area (Å²) < 4.78 is 1.77. The highest BCUT2D eigenvalue weighted by molar-refractivity contribution is 7.99. The van der Waals surface area contributed by atoms with Crippen molar-refractivity contribution < 1.29 is 9.59 Å². The Morgan fingerprint density at radius 3 is 2.58 bits per heavy atom. The van der Waals surface area contributed by atoms with E-state index in [9.17, 15) is 9.59 Å². The second kappa shape index (κ2) is 8.30. The van der Waals surface area contributed by atoms with E-state index in [2.05, 4.69) is 20.8 Å². The maximum atomic E-state index is 12.1. The number of benzene rings is 2. The van der Waals surface area contributed by atoms with E-state index in [1.807, 2.05) is 48.5 Å². The summed E-state index contributed by atoms with van der Waals surface area (Å²) in [6.07, 6.45) is 1.57. The molecule has 1 heterocycles. The van der Waals surface area contributed by atoms with Crippen LogP contribution in [-0.4, -0.2) is 32.3 Å². The molecular formula is C18H17N5O2S. The Morgan fingerprint density at radius 2 is 1.81 bits per heavy atom. The highest BCUT2D eigenvalue weighted by Crippen LogP contribution is 2.22. The van der Waals surface area contributed by atoms with Gasteiger partial charge < -0.3 is 10.6 Å². The molecule has 0 radical (unpaired) electrons. The van der Waals surface area contributed by atoms with Crippen LogP contribution in [0.5, 0.6) is 0 Å². The minimum absolute atomic E-state index is 0.122. The molecule has 0 aliphatic rings. The van der Waals surface area contributed by atoms with Gasteiger partial charge in [-0.05, 0) is 30.3 Å². The van der Waals surface area contributed by atoms with Crippen molar-refractivity contribution >= 4 is 35.0 Å². The summed E-state index contributed by atoms with van der Waals surface area (Å²) in [5.41, 5.74) is 2.23. The van der Waals surface area contributed by atoms with Gasteiger partial charge in [-0.3, -0.25) is 14.2 Å². The Labute approximate surface area is 154 Å². The first-order valence-corrected chi connectivity index (χ1v) is 8.86. The fourth-order valence-corrected chi connectivity index (χ4v) is 3.01. The van der Waals surface area contributed by atoms with Crippen LogP contribution in [0.3, 0.4) is 0 Å². The van der Waals surface area contributed by atoms with Gasteiger partial charge in [0.15, 0.2) is 5.16 Å². The third-order valence-electron chi connectivity index (χ3n) is 3.35. The number of hydrogen-bond acceptors (Lipinski definition) is 5. The Balaban J connectivity index is 1.67. The first-order chi connectivity index (χ1) is 12.6. The Hall–Kier alpha value is -3.13. The summed E-state index contributed by atoms with van der Waals surface area (Å²) in [5.74, 6) is -0.0558. The molecule has 2 N–H and O–H groups in total. The number of rotatable bonds is 6. The number of anilines is 2. The van der Waals surface area contributed by atoms with E-state index in [1.165, 1.54) is 18.7 Å². The monoisotopic (exact) mass is 367 g/mol. The average Bonchev–Trinajstić information content (AvgIpc) is 3.09. The number of amides is 2. The van der Waals surface area contributed by atoms with Gasteiger partial charge in [-0.15, -0.1) is 10.2 Å². The minimum atomic E-state index is -0.141. The number of carbonyl (C=O) groups is 2. The van der Waals surface area contributed by atoms with Crippen LogP contribution in [0.1, 0.15) is 6.92 Å². The average molecular weight is 367 g/mol. The lowest BCUT2D eigenvalue weighted by atomic mass is 10.2. The van der Waals surface area contributed by atoms with Crippen LogP contribution in [0.25, 0.3) is 5.69 Å². The molecule has 132 valence electrons. The lowest BCUT2D eigenvalue weighted by Crippen LogP contribution is -2.14. The normalized spacial score (nSPS) is 10.3. The fourth-order valence-electron chi connectivity index (χ4n) is 2.29. The highest BCUT2D eigenvalue weighted by atomic mass is 32.2. The zero-order valence-corrected chi connectivity index (χ0v) is 14.9. The molecule has 0 fully saturated rings. The third kappa shape index (κ3) is 4.70. The molecule has 0 saturated heterocycles. The maximum absolute atomic E-state index is 12.1. The molecular weight excluding hydrogens is 350 g/mol. The summed E-state index contributed by atoms with van der Waals surface area (Å²) in [4.78, 5) is 23.3. The van der Waals surface area contributed by atoms with Gasteiger partial charge in [-0.1, -0.05) is 36.0 Å². The van der Waals surface area contributed by atoms with Crippen molar-refractivity contribution in [2.75, 3.05) is 16.4 Å². The number of nitrogens with one attached hydrogen (secondary N) is 2. The van der Waals surface area contributed by atoms with E-state index in [1.54, 1.807) is 17.0 Å². The lowest BCUT2D eigenvalue weighted by Gasteiger charge is -2.09. The summed E-state index contributed by atoms with van der Waals surface area (Å²) in [5, 5.41) is 14.2. The van der Waals surface area contributed by atoms with Crippen LogP contribution in [-0.2, 0) is 9.59 Å². The molecule has 0 unspecified atom stereocenters. The molecule has 2 aromatic carbocycles. The summed E-state index contributed by atoms with van der Waals surface area (Å²) in [6.45, 7) is 1.46. The number of carbonyl (C=O) groups excluding carboxylic acids is 2. The van der Waals surface area contributed by atoms with Crippen molar-refractivity contribution in [3.8, 4) is 5.69 Å². The molecule has 0 spiro atoms. The van der Waals surface area contributed by atoms with E-state index in [0.717, 1.165) is 11.4 Å². The molecule has 0 aliphatic carbocycles. The van der Waals surface area contributed by atoms with Gasteiger partial charge in [0.2, 0.25) is 11.8 Å². The largest absolute Gasteiger partial charge is 0.326 e. The maximum Gasteiger partial charge on any atom is 0.234 e. The second-order valence-corrected chi connectivity index (χ2v) is 6.36. The molecule has 0 bridgehead atoms. The molecule has 26 heavy (non-hydrogen) atoms. The van der Waals surface area contributed by atoms with Gasteiger partial charge in [0.25, 0.3) is 0 Å². The zero-order chi connectivity index (χ0) is 18.4. The Kier molecular flexibility index (Phi) is 5.65. The van der Waals surface area contributed by atoms with Crippen molar-refractivity contribution in [2.24, 2.45) is 0 Å². The summed E-state index contributed by atoms with van der Waals surface area (Å²) in [6, 6.07) is 16.6. The number of nitrogens with zero attached hydrogens (tertiary/aromatic N) is 3. The van der Waals surface area contributed by atoms with E-state index in [4.69, 9.17) is 0 Å². The SMILES string of the molecule is CC(=O)Nc1cccc(-n2cnnc2SCC(=O)Nc2ccccc2)c1. The standard InChI is InChI=1S/C18H17N5O2S/c1-13(24)20-15-8-5-9-16(10-15)23-12-19-22-18(23)26-11-17(25)21-14-6-3-2-4-7-14/h2-10,12H,11H2,1H3,(H,20,24)(H,21,25). The van der Waals surface area contributed by atoms with Crippen LogP contribution in [0.15, 0.2) is 66.1 Å². The van der Waals surface area contributed by atoms with Crippen molar-refractivity contribution in [1.29, 1.82) is 0 Å². The van der Waals surface area contributed by atoms with Gasteiger partial charge >= 0.3 is 0 Å². The third-order valence-corrected chi connectivity index (χ3v) is 4.29. The van der Waals surface area contributed by atoms with Gasteiger partial charge in [0.05, 0.1) is 11.4 Å². The Bertz CT molecular complexity index is 911. The summed E-state index contributed by atoms with van der Waals surface area (Å²) >= 11 is 1.29. The smallest absolute Gasteiger partial charge is 0.234 e. The molecule has 3 aromatic rings. The molecule has 0 aliphatic heterocycles. The van der Waals surface area contributed by atoms with Crippen LogP contribution >= 0.6 is 11.8 Å². The van der Waals surface area contributed by atoms with Crippen molar-refractivity contribution in [3.05, 3.63) is 60.9 Å². The molecule has 8 heteroatoms. The van der Waals surface area contributed by atoms with Gasteiger partial charge in [0.1, 0.15) is 6.33 Å². The van der Waals surface area contributed by atoms with Crippen molar-refractivity contribution in [1.82, 2.24) is 14.8 Å². The number of aromatic nitrogens is 3. The first kappa shape index (κ1) is 17.7. The molecule has 3 rings (SSSR count). The topological polar surface area (TPSA) is 88.9 Å². The van der Waals surface area contributed by atoms with Gasteiger partial charge in [-0.25, -0.2) is 0 Å². The molecule has 0 atom stereocenters. The Morgan fingerprint density at radius 1 is 1.04 bits per heavy atom. The van der Waals surface area contributed by atoms with Crippen molar-refractivity contribution in [2.45, 2.75) is 12.1 Å². The first-order valence-electron chi connectivity index (χ1n) is 7.87. The van der Waals surface area contributed by atoms with E-state index in [-0.39, 0.29) is 17.6 Å². The molecule has 2 amide bonds. The van der Waals surface area contributed by atoms with Crippen LogP contribution in [0.2, 0.25) is 0 Å². The molecule has 7 nitrogen and oxygen atoms in total. The predicted octanol–water partition coefficient (Wildman–Crippen LogP) is 2.96. The van der Waals surface area contributed by atoms with E-state index < -0.39 is 0 Å². The van der Waals surface area contributed by atoms with Gasteiger partial charge in [-0.2, -0.15) is 0 Å². The van der Waals surface area contributed by atoms with Crippen LogP contribution in [0, 0.1) is 0 Å². The van der Waals surface area contributed by atoms with E-state index >= 15 is 0 Å². The number of hydrogen-bond donors (Lipinski definition) is 2.